The number of carboxylic acid groups (broad SMARTS) is 1. The van der Waals surface area contributed by atoms with Crippen molar-refractivity contribution in [2.45, 2.75) is 25.3 Å². The minimum Gasteiger partial charge on any atom is -0.480 e. The normalized spacial score (nSPS) is 17.6. The van der Waals surface area contributed by atoms with Gasteiger partial charge >= 0.3 is 5.97 Å². The van der Waals surface area contributed by atoms with Crippen LogP contribution < -0.4 is 0 Å². The number of likely N-dealkylation sites (tertiary alicyclic amines) is 1. The number of rotatable bonds is 5. The van der Waals surface area contributed by atoms with Crippen molar-refractivity contribution in [3.8, 4) is 0 Å². The molecule has 18 heavy (non-hydrogen) atoms. The molecule has 1 heterocycles. The van der Waals surface area contributed by atoms with Gasteiger partial charge in [-0.1, -0.05) is 30.3 Å². The number of nitrogens with zero attached hydrogens (tertiary/aromatic N) is 1. The van der Waals surface area contributed by atoms with Gasteiger partial charge in [0.15, 0.2) is 5.78 Å². The van der Waals surface area contributed by atoms with Crippen LogP contribution in [0.5, 0.6) is 0 Å². The molecule has 1 aromatic rings. The Morgan fingerprint density at radius 3 is 2.33 bits per heavy atom. The van der Waals surface area contributed by atoms with Gasteiger partial charge in [0.25, 0.3) is 0 Å². The molecule has 0 aromatic heterocycles. The minimum absolute atomic E-state index is 0.0549. The first-order chi connectivity index (χ1) is 8.68. The highest BCUT2D eigenvalue weighted by atomic mass is 16.4. The molecular weight excluding hydrogens is 230 g/mol. The zero-order chi connectivity index (χ0) is 13.0. The molecule has 4 nitrogen and oxygen atoms in total. The third-order valence-corrected chi connectivity index (χ3v) is 3.34. The van der Waals surface area contributed by atoms with E-state index < -0.39 is 12.0 Å². The lowest BCUT2D eigenvalue weighted by Gasteiger charge is -2.22. The molecule has 1 aromatic carbocycles. The SMILES string of the molecule is O=C(CC(C(=O)O)N1CCCC1)c1ccccc1. The zero-order valence-electron chi connectivity index (χ0n) is 10.2. The lowest BCUT2D eigenvalue weighted by molar-refractivity contribution is -0.142. The number of carboxylic acids is 1. The summed E-state index contributed by atoms with van der Waals surface area (Å²) < 4.78 is 0. The second kappa shape index (κ2) is 5.78. The van der Waals surface area contributed by atoms with Gasteiger partial charge in [-0.2, -0.15) is 0 Å². The molecule has 1 saturated heterocycles. The van der Waals surface area contributed by atoms with Crippen molar-refractivity contribution in [3.63, 3.8) is 0 Å². The van der Waals surface area contributed by atoms with Gasteiger partial charge in [-0.25, -0.2) is 0 Å². The van der Waals surface area contributed by atoms with E-state index in [2.05, 4.69) is 0 Å². The summed E-state index contributed by atoms with van der Waals surface area (Å²) >= 11 is 0. The minimum atomic E-state index is -0.902. The molecule has 0 radical (unpaired) electrons. The molecule has 4 heteroatoms. The monoisotopic (exact) mass is 247 g/mol. The number of hydrogen-bond donors (Lipinski definition) is 1. The average molecular weight is 247 g/mol. The second-order valence-electron chi connectivity index (χ2n) is 4.59. The first-order valence-corrected chi connectivity index (χ1v) is 6.23. The van der Waals surface area contributed by atoms with Crippen LogP contribution in [-0.4, -0.2) is 40.9 Å². The van der Waals surface area contributed by atoms with Crippen LogP contribution >= 0.6 is 0 Å². The van der Waals surface area contributed by atoms with Gasteiger partial charge < -0.3 is 5.11 Å². The summed E-state index contributed by atoms with van der Waals surface area (Å²) in [5, 5.41) is 9.24. The number of carbonyl (C=O) groups is 2. The summed E-state index contributed by atoms with van der Waals surface area (Å²) in [4.78, 5) is 25.2. The van der Waals surface area contributed by atoms with E-state index in [1.807, 2.05) is 11.0 Å². The molecule has 0 bridgehead atoms. The van der Waals surface area contributed by atoms with E-state index in [9.17, 15) is 14.7 Å². The third kappa shape index (κ3) is 2.96. The Morgan fingerprint density at radius 1 is 1.17 bits per heavy atom. The molecule has 1 aliphatic heterocycles. The van der Waals surface area contributed by atoms with Crippen LogP contribution in [0.1, 0.15) is 29.6 Å². The van der Waals surface area contributed by atoms with Gasteiger partial charge in [0, 0.05) is 12.0 Å². The largest absolute Gasteiger partial charge is 0.480 e. The predicted octanol–water partition coefficient (Wildman–Crippen LogP) is 1.81. The fourth-order valence-electron chi connectivity index (χ4n) is 2.34. The van der Waals surface area contributed by atoms with Crippen LogP contribution in [0.25, 0.3) is 0 Å². The number of ketones is 1. The summed E-state index contributed by atoms with van der Waals surface area (Å²) in [5.41, 5.74) is 0.586. The molecule has 1 N–H and O–H groups in total. The lowest BCUT2D eigenvalue weighted by atomic mass is 10.0. The Bertz CT molecular complexity index is 424. The van der Waals surface area contributed by atoms with Crippen LogP contribution in [0, 0.1) is 0 Å². The number of benzene rings is 1. The fraction of sp³-hybridized carbons (Fsp3) is 0.429. The highest BCUT2D eigenvalue weighted by Gasteiger charge is 2.30. The Labute approximate surface area is 106 Å². The Balaban J connectivity index is 2.05. The van der Waals surface area contributed by atoms with Gasteiger partial charge in [-0.3, -0.25) is 14.5 Å². The molecule has 0 aliphatic carbocycles. The summed E-state index contributed by atoms with van der Waals surface area (Å²) in [5.74, 6) is -1.00. The quantitative estimate of drug-likeness (QED) is 0.806. The van der Waals surface area contributed by atoms with Crippen molar-refractivity contribution in [2.75, 3.05) is 13.1 Å². The van der Waals surface area contributed by atoms with Crippen molar-refractivity contribution >= 4 is 11.8 Å². The average Bonchev–Trinajstić information content (AvgIpc) is 2.90. The molecule has 1 unspecified atom stereocenters. The van der Waals surface area contributed by atoms with Crippen molar-refractivity contribution < 1.29 is 14.7 Å². The summed E-state index contributed by atoms with van der Waals surface area (Å²) in [6.45, 7) is 1.55. The van der Waals surface area contributed by atoms with Crippen molar-refractivity contribution in [1.82, 2.24) is 4.90 Å². The van der Waals surface area contributed by atoms with E-state index in [0.717, 1.165) is 25.9 Å². The highest BCUT2D eigenvalue weighted by molar-refractivity contribution is 5.98. The Kier molecular flexibility index (Phi) is 4.10. The molecule has 0 spiro atoms. The summed E-state index contributed by atoms with van der Waals surface area (Å²) in [7, 11) is 0. The maximum absolute atomic E-state index is 12.0. The predicted molar refractivity (Wildman–Crippen MR) is 67.6 cm³/mol. The van der Waals surface area contributed by atoms with E-state index >= 15 is 0 Å². The number of carbonyl (C=O) groups excluding carboxylic acids is 1. The first-order valence-electron chi connectivity index (χ1n) is 6.23. The van der Waals surface area contributed by atoms with E-state index in [-0.39, 0.29) is 12.2 Å². The molecule has 2 rings (SSSR count). The van der Waals surface area contributed by atoms with Gasteiger partial charge in [0.1, 0.15) is 6.04 Å². The fourth-order valence-corrected chi connectivity index (χ4v) is 2.34. The second-order valence-corrected chi connectivity index (χ2v) is 4.59. The van der Waals surface area contributed by atoms with Crippen LogP contribution in [0.3, 0.4) is 0 Å². The van der Waals surface area contributed by atoms with Crippen LogP contribution in [-0.2, 0) is 4.79 Å². The maximum Gasteiger partial charge on any atom is 0.321 e. The molecule has 0 saturated carbocycles. The summed E-state index contributed by atoms with van der Waals surface area (Å²) in [6.07, 6.45) is 2.09. The lowest BCUT2D eigenvalue weighted by Crippen LogP contribution is -2.40. The molecular formula is C14H17NO3. The summed E-state index contributed by atoms with van der Waals surface area (Å²) in [6, 6.07) is 8.19. The van der Waals surface area contributed by atoms with Gasteiger partial charge in [0.2, 0.25) is 0 Å². The van der Waals surface area contributed by atoms with Crippen LogP contribution in [0.2, 0.25) is 0 Å². The van der Waals surface area contributed by atoms with Gasteiger partial charge in [-0.05, 0) is 25.9 Å². The van der Waals surface area contributed by atoms with Crippen molar-refractivity contribution in [3.05, 3.63) is 35.9 Å². The topological polar surface area (TPSA) is 57.6 Å². The zero-order valence-corrected chi connectivity index (χ0v) is 10.2. The number of Topliss-reactive ketones (excluding diaryl/α,β-unsaturated/α-hetero) is 1. The van der Waals surface area contributed by atoms with Gasteiger partial charge in [-0.15, -0.1) is 0 Å². The molecule has 0 amide bonds. The number of aliphatic carboxylic acids is 1. The van der Waals surface area contributed by atoms with Crippen LogP contribution in [0.15, 0.2) is 30.3 Å². The van der Waals surface area contributed by atoms with E-state index in [1.54, 1.807) is 24.3 Å². The smallest absolute Gasteiger partial charge is 0.321 e. The third-order valence-electron chi connectivity index (χ3n) is 3.34. The van der Waals surface area contributed by atoms with E-state index in [1.165, 1.54) is 0 Å². The van der Waals surface area contributed by atoms with Crippen molar-refractivity contribution in [1.29, 1.82) is 0 Å². The number of hydrogen-bond acceptors (Lipinski definition) is 3. The highest BCUT2D eigenvalue weighted by Crippen LogP contribution is 2.16. The van der Waals surface area contributed by atoms with E-state index in [4.69, 9.17) is 0 Å². The molecule has 1 fully saturated rings. The Morgan fingerprint density at radius 2 is 1.78 bits per heavy atom. The first kappa shape index (κ1) is 12.8. The van der Waals surface area contributed by atoms with Gasteiger partial charge in [0.05, 0.1) is 0 Å². The Hall–Kier alpha value is -1.68. The van der Waals surface area contributed by atoms with Crippen molar-refractivity contribution in [2.24, 2.45) is 0 Å². The standard InChI is InChI=1S/C14H17NO3/c16-13(11-6-2-1-3-7-11)10-12(14(17)18)15-8-4-5-9-15/h1-3,6-7,12H,4-5,8-10H2,(H,17,18). The van der Waals surface area contributed by atoms with Crippen LogP contribution in [0.4, 0.5) is 0 Å². The molecule has 1 aliphatic rings. The molecule has 96 valence electrons. The maximum atomic E-state index is 12.0. The molecule has 1 atom stereocenters. The van der Waals surface area contributed by atoms with E-state index in [0.29, 0.717) is 5.56 Å².